The molecule has 0 radical (unpaired) electrons. The van der Waals surface area contributed by atoms with Crippen molar-refractivity contribution in [2.75, 3.05) is 30.3 Å². The zero-order valence-corrected chi connectivity index (χ0v) is 12.4. The zero-order valence-electron chi connectivity index (χ0n) is 12.4. The summed E-state index contributed by atoms with van der Waals surface area (Å²) in [4.78, 5) is 13.3. The van der Waals surface area contributed by atoms with Crippen LogP contribution in [0.3, 0.4) is 0 Å². The monoisotopic (exact) mass is 286 g/mol. The summed E-state index contributed by atoms with van der Waals surface area (Å²) in [5, 5.41) is 11.7. The average molecular weight is 286 g/mol. The number of nitriles is 1. The molecular weight excluding hydrogens is 264 g/mol. The summed E-state index contributed by atoms with van der Waals surface area (Å²) in [7, 11) is 0. The van der Waals surface area contributed by atoms with Crippen molar-refractivity contribution in [3.05, 3.63) is 23.8 Å². The lowest BCUT2D eigenvalue weighted by molar-refractivity contribution is -0.119. The first kappa shape index (κ1) is 15.2. The Bertz CT molecular complexity index is 542. The fourth-order valence-corrected chi connectivity index (χ4v) is 2.71. The number of rotatable bonds is 4. The van der Waals surface area contributed by atoms with Crippen LogP contribution in [0.2, 0.25) is 0 Å². The predicted molar refractivity (Wildman–Crippen MR) is 83.8 cm³/mol. The Balaban J connectivity index is 1.94. The lowest BCUT2D eigenvalue weighted by Crippen LogP contribution is -2.38. The number of benzene rings is 1. The second kappa shape index (κ2) is 6.98. The molecule has 5 nitrogen and oxygen atoms in total. The van der Waals surface area contributed by atoms with Crippen LogP contribution in [0, 0.1) is 17.2 Å². The van der Waals surface area contributed by atoms with Gasteiger partial charge >= 0.3 is 0 Å². The molecule has 0 aromatic heterocycles. The standard InChI is InChI=1S/C16H22N4O/c1-12(21)19-11-13-5-8-20(9-6-13)15-2-3-16(18)14(10-15)4-7-17/h2-3,10,13H,4-6,8-9,11,18H2,1H3,(H,19,21). The number of nitrogens with one attached hydrogen (secondary N) is 1. The molecule has 1 aliphatic heterocycles. The van der Waals surface area contributed by atoms with Crippen molar-refractivity contribution in [3.63, 3.8) is 0 Å². The maximum absolute atomic E-state index is 10.9. The largest absolute Gasteiger partial charge is 0.398 e. The highest BCUT2D eigenvalue weighted by molar-refractivity contribution is 5.72. The van der Waals surface area contributed by atoms with Crippen molar-refractivity contribution in [1.29, 1.82) is 5.26 Å². The number of nitrogens with zero attached hydrogens (tertiary/aromatic N) is 2. The number of carbonyl (C=O) groups is 1. The number of amides is 1. The van der Waals surface area contributed by atoms with Gasteiger partial charge < -0.3 is 16.0 Å². The highest BCUT2D eigenvalue weighted by Gasteiger charge is 2.20. The Hall–Kier alpha value is -2.22. The lowest BCUT2D eigenvalue weighted by atomic mass is 9.96. The summed E-state index contributed by atoms with van der Waals surface area (Å²) < 4.78 is 0. The van der Waals surface area contributed by atoms with Crippen molar-refractivity contribution in [3.8, 4) is 6.07 Å². The van der Waals surface area contributed by atoms with Crippen molar-refractivity contribution < 1.29 is 4.79 Å². The van der Waals surface area contributed by atoms with E-state index in [0.29, 0.717) is 18.0 Å². The quantitative estimate of drug-likeness (QED) is 0.825. The van der Waals surface area contributed by atoms with Crippen LogP contribution < -0.4 is 16.0 Å². The summed E-state index contributed by atoms with van der Waals surface area (Å²) in [6.07, 6.45) is 2.48. The summed E-state index contributed by atoms with van der Waals surface area (Å²) in [6, 6.07) is 8.07. The number of carbonyl (C=O) groups excluding carboxylic acids is 1. The van der Waals surface area contributed by atoms with Crippen molar-refractivity contribution >= 4 is 17.3 Å². The third-order valence-corrected chi connectivity index (χ3v) is 4.02. The normalized spacial score (nSPS) is 15.5. The zero-order chi connectivity index (χ0) is 15.2. The van der Waals surface area contributed by atoms with Crippen molar-refractivity contribution in [2.24, 2.45) is 5.92 Å². The molecule has 0 spiro atoms. The summed E-state index contributed by atoms with van der Waals surface area (Å²) in [5.74, 6) is 0.592. The van der Waals surface area contributed by atoms with E-state index < -0.39 is 0 Å². The maximum atomic E-state index is 10.9. The summed E-state index contributed by atoms with van der Waals surface area (Å²) in [6.45, 7) is 4.27. The van der Waals surface area contributed by atoms with Gasteiger partial charge in [-0.05, 0) is 42.5 Å². The molecule has 1 saturated heterocycles. The second-order valence-corrected chi connectivity index (χ2v) is 5.59. The summed E-state index contributed by atoms with van der Waals surface area (Å²) >= 11 is 0. The molecule has 0 saturated carbocycles. The highest BCUT2D eigenvalue weighted by atomic mass is 16.1. The van der Waals surface area contributed by atoms with E-state index in [0.717, 1.165) is 43.7 Å². The van der Waals surface area contributed by atoms with Crippen LogP contribution in [0.5, 0.6) is 0 Å². The van der Waals surface area contributed by atoms with Crippen LogP contribution in [-0.4, -0.2) is 25.5 Å². The third kappa shape index (κ3) is 4.12. The molecule has 2 rings (SSSR count). The van der Waals surface area contributed by atoms with Gasteiger partial charge in [-0.15, -0.1) is 0 Å². The Morgan fingerprint density at radius 3 is 2.81 bits per heavy atom. The van der Waals surface area contributed by atoms with E-state index in [1.165, 1.54) is 0 Å². The second-order valence-electron chi connectivity index (χ2n) is 5.59. The molecule has 1 aromatic carbocycles. The van der Waals surface area contributed by atoms with Crippen molar-refractivity contribution in [2.45, 2.75) is 26.2 Å². The van der Waals surface area contributed by atoms with E-state index in [2.05, 4.69) is 16.3 Å². The minimum absolute atomic E-state index is 0.0390. The van der Waals surface area contributed by atoms with Gasteiger partial charge in [0.15, 0.2) is 0 Å². The van der Waals surface area contributed by atoms with Gasteiger partial charge in [0.2, 0.25) is 5.91 Å². The molecule has 21 heavy (non-hydrogen) atoms. The molecule has 1 amide bonds. The molecule has 5 heteroatoms. The first-order valence-electron chi connectivity index (χ1n) is 7.35. The molecule has 1 aliphatic rings. The predicted octanol–water partition coefficient (Wildman–Crippen LogP) is 1.69. The van der Waals surface area contributed by atoms with E-state index >= 15 is 0 Å². The van der Waals surface area contributed by atoms with Crippen LogP contribution in [-0.2, 0) is 11.2 Å². The Kier molecular flexibility index (Phi) is 5.04. The van der Waals surface area contributed by atoms with Gasteiger partial charge in [-0.1, -0.05) is 0 Å². The van der Waals surface area contributed by atoms with Crippen LogP contribution in [0.15, 0.2) is 18.2 Å². The van der Waals surface area contributed by atoms with Crippen molar-refractivity contribution in [1.82, 2.24) is 5.32 Å². The molecular formula is C16H22N4O. The van der Waals surface area contributed by atoms with Crippen LogP contribution in [0.25, 0.3) is 0 Å². The van der Waals surface area contributed by atoms with E-state index in [4.69, 9.17) is 11.0 Å². The minimum Gasteiger partial charge on any atom is -0.398 e. The van der Waals surface area contributed by atoms with Gasteiger partial charge in [0.05, 0.1) is 12.5 Å². The Labute approximate surface area is 125 Å². The fraction of sp³-hybridized carbons (Fsp3) is 0.500. The Morgan fingerprint density at radius 1 is 1.48 bits per heavy atom. The number of nitrogen functional groups attached to an aromatic ring is 1. The van der Waals surface area contributed by atoms with Crippen LogP contribution >= 0.6 is 0 Å². The number of hydrogen-bond acceptors (Lipinski definition) is 4. The van der Waals surface area contributed by atoms with Gasteiger partial charge in [-0.2, -0.15) is 5.26 Å². The first-order chi connectivity index (χ1) is 10.1. The maximum Gasteiger partial charge on any atom is 0.216 e. The number of hydrogen-bond donors (Lipinski definition) is 2. The molecule has 0 aliphatic carbocycles. The number of nitrogens with two attached hydrogens (primary N) is 1. The molecule has 3 N–H and O–H groups in total. The third-order valence-electron chi connectivity index (χ3n) is 4.02. The van der Waals surface area contributed by atoms with E-state index in [-0.39, 0.29) is 5.91 Å². The molecule has 1 aromatic rings. The van der Waals surface area contributed by atoms with Gasteiger partial charge in [0.25, 0.3) is 0 Å². The summed E-state index contributed by atoms with van der Waals surface area (Å²) in [5.41, 5.74) is 8.60. The van der Waals surface area contributed by atoms with Gasteiger partial charge in [-0.25, -0.2) is 0 Å². The fourth-order valence-electron chi connectivity index (χ4n) is 2.71. The van der Waals surface area contributed by atoms with E-state index in [1.54, 1.807) is 6.92 Å². The van der Waals surface area contributed by atoms with Gasteiger partial charge in [0, 0.05) is 37.9 Å². The molecule has 112 valence electrons. The van der Waals surface area contributed by atoms with Crippen LogP contribution in [0.4, 0.5) is 11.4 Å². The molecule has 1 fully saturated rings. The van der Waals surface area contributed by atoms with E-state index in [9.17, 15) is 4.79 Å². The smallest absolute Gasteiger partial charge is 0.216 e. The average Bonchev–Trinajstić information content (AvgIpc) is 2.48. The number of anilines is 2. The molecule has 0 atom stereocenters. The van der Waals surface area contributed by atoms with Gasteiger partial charge in [-0.3, -0.25) is 4.79 Å². The SMILES string of the molecule is CC(=O)NCC1CCN(c2ccc(N)c(CC#N)c2)CC1. The topological polar surface area (TPSA) is 82.2 Å². The molecule has 0 bridgehead atoms. The van der Waals surface area contributed by atoms with E-state index in [1.807, 2.05) is 18.2 Å². The molecule has 0 unspecified atom stereocenters. The molecule has 1 heterocycles. The Morgan fingerprint density at radius 2 is 2.19 bits per heavy atom. The minimum atomic E-state index is 0.0390. The highest BCUT2D eigenvalue weighted by Crippen LogP contribution is 2.26. The van der Waals surface area contributed by atoms with Gasteiger partial charge in [0.1, 0.15) is 0 Å². The number of piperidine rings is 1. The first-order valence-corrected chi connectivity index (χ1v) is 7.35. The van der Waals surface area contributed by atoms with Crippen LogP contribution in [0.1, 0.15) is 25.3 Å². The lowest BCUT2D eigenvalue weighted by Gasteiger charge is -2.34.